The van der Waals surface area contributed by atoms with Crippen LogP contribution in [0.2, 0.25) is 5.02 Å². The van der Waals surface area contributed by atoms with E-state index in [2.05, 4.69) is 29.3 Å². The van der Waals surface area contributed by atoms with Gasteiger partial charge >= 0.3 is 0 Å². The molecule has 45 heavy (non-hydrogen) atoms. The lowest BCUT2D eigenvalue weighted by Gasteiger charge is -2.39. The number of H-pyrrole nitrogens is 1. The van der Waals surface area contributed by atoms with Crippen LogP contribution >= 0.6 is 11.6 Å². The summed E-state index contributed by atoms with van der Waals surface area (Å²) in [6.07, 6.45) is 4.19. The third kappa shape index (κ3) is 7.89. The van der Waals surface area contributed by atoms with E-state index in [1.165, 1.54) is 12.1 Å². The number of carbonyl (C=O) groups excluding carboxylic acids is 1. The predicted molar refractivity (Wildman–Crippen MR) is 174 cm³/mol. The van der Waals surface area contributed by atoms with Crippen molar-refractivity contribution in [2.75, 3.05) is 14.1 Å². The van der Waals surface area contributed by atoms with Crippen molar-refractivity contribution in [1.82, 2.24) is 15.2 Å². The molecule has 1 atom stereocenters. The minimum Gasteiger partial charge on any atom is -0.448 e. The van der Waals surface area contributed by atoms with E-state index in [0.29, 0.717) is 39.3 Å². The van der Waals surface area contributed by atoms with Crippen LogP contribution in [0.15, 0.2) is 46.1 Å². The molecule has 244 valence electrons. The van der Waals surface area contributed by atoms with Gasteiger partial charge in [-0.25, -0.2) is 0 Å². The Morgan fingerprint density at radius 2 is 1.64 bits per heavy atom. The summed E-state index contributed by atoms with van der Waals surface area (Å²) in [5, 5.41) is 3.20. The van der Waals surface area contributed by atoms with E-state index in [1.54, 1.807) is 18.2 Å². The number of hydrogen-bond acceptors (Lipinski definition) is 7. The maximum Gasteiger partial charge on any atom is 0.294 e. The fourth-order valence-corrected chi connectivity index (χ4v) is 6.65. The molecule has 10 nitrogen and oxygen atoms in total. The minimum atomic E-state index is -4.02. The number of fused-ring (bicyclic) bond motifs is 1. The first-order chi connectivity index (χ1) is 21.0. The number of benzene rings is 2. The first kappa shape index (κ1) is 34.5. The van der Waals surface area contributed by atoms with Crippen LogP contribution in [0.1, 0.15) is 70.9 Å². The van der Waals surface area contributed by atoms with E-state index in [4.69, 9.17) is 25.6 Å². The number of aryl methyl sites for hydroxylation is 3. The molecule has 1 aromatic heterocycles. The average Bonchev–Trinajstić information content (AvgIpc) is 3.34. The van der Waals surface area contributed by atoms with Gasteiger partial charge in [-0.15, -0.1) is 0 Å². The SMILES string of the molecule is Cc1cc(C)c(CNC(=O)c2cc(Cl)c3c(c2C)O[C@@](C)([C@H]2CC[C@H](N(C)C)CC2)O3)c(=O)[nH]1.Cc1ccc(S(=O)(=O)O)cc1. The fourth-order valence-electron chi connectivity index (χ4n) is 5.94. The van der Waals surface area contributed by atoms with Crippen LogP contribution in [0.3, 0.4) is 0 Å². The number of amides is 1. The second kappa shape index (κ2) is 13.5. The summed E-state index contributed by atoms with van der Waals surface area (Å²) in [5.41, 5.74) is 4.00. The molecule has 12 heteroatoms. The zero-order valence-corrected chi connectivity index (χ0v) is 28.4. The third-order valence-electron chi connectivity index (χ3n) is 8.70. The van der Waals surface area contributed by atoms with E-state index >= 15 is 0 Å². The van der Waals surface area contributed by atoms with Crippen LogP contribution < -0.4 is 20.3 Å². The van der Waals surface area contributed by atoms with E-state index in [0.717, 1.165) is 42.5 Å². The summed E-state index contributed by atoms with van der Waals surface area (Å²) < 4.78 is 42.2. The smallest absolute Gasteiger partial charge is 0.294 e. The van der Waals surface area contributed by atoms with Crippen molar-refractivity contribution in [1.29, 1.82) is 0 Å². The van der Waals surface area contributed by atoms with E-state index in [1.807, 2.05) is 40.7 Å². The molecule has 1 saturated carbocycles. The van der Waals surface area contributed by atoms with Crippen molar-refractivity contribution < 1.29 is 27.2 Å². The molecule has 0 saturated heterocycles. The standard InChI is InChI=1S/C26H34ClN3O4.C7H8O3S/c1-14-11-15(2)29-25(32)20(14)13-28-24(31)19-12-21(27)23-22(16(19)3)33-26(4,34-23)17-7-9-18(10-8-17)30(5)6;1-6-2-4-7(5-3-6)11(8,9)10/h11-12,17-18H,7-10,13H2,1-6H3,(H,28,31)(H,29,32);2-5H,1H3,(H,8,9,10)/t17-,18-,26-;/m1./s1. The zero-order chi connectivity index (χ0) is 33.3. The molecule has 1 fully saturated rings. The van der Waals surface area contributed by atoms with Crippen molar-refractivity contribution >= 4 is 27.6 Å². The highest BCUT2D eigenvalue weighted by atomic mass is 35.5. The molecule has 3 aromatic rings. The van der Waals surface area contributed by atoms with Crippen LogP contribution in [0.25, 0.3) is 0 Å². The van der Waals surface area contributed by atoms with E-state index in [-0.39, 0.29) is 28.8 Å². The minimum absolute atomic E-state index is 0.0666. The summed E-state index contributed by atoms with van der Waals surface area (Å²) in [4.78, 5) is 30.3. The number of ether oxygens (including phenoxy) is 2. The van der Waals surface area contributed by atoms with Crippen molar-refractivity contribution in [2.24, 2.45) is 5.92 Å². The maximum absolute atomic E-state index is 13.1. The van der Waals surface area contributed by atoms with Gasteiger partial charge in [0, 0.05) is 47.8 Å². The Bertz CT molecular complexity index is 1730. The molecule has 0 spiro atoms. The normalized spacial score (nSPS) is 20.8. The Morgan fingerprint density at radius 3 is 2.20 bits per heavy atom. The monoisotopic (exact) mass is 659 g/mol. The van der Waals surface area contributed by atoms with Gasteiger partial charge in [0.15, 0.2) is 11.5 Å². The molecular weight excluding hydrogens is 618 g/mol. The fraction of sp³-hybridized carbons (Fsp3) is 0.455. The second-order valence-electron chi connectivity index (χ2n) is 12.3. The molecule has 2 aromatic carbocycles. The van der Waals surface area contributed by atoms with Gasteiger partial charge in [0.1, 0.15) is 0 Å². The quantitative estimate of drug-likeness (QED) is 0.285. The van der Waals surface area contributed by atoms with E-state index in [9.17, 15) is 18.0 Å². The molecule has 1 amide bonds. The van der Waals surface area contributed by atoms with Gasteiger partial charge < -0.3 is 24.7 Å². The largest absolute Gasteiger partial charge is 0.448 e. The van der Waals surface area contributed by atoms with Crippen molar-refractivity contribution in [3.63, 3.8) is 0 Å². The van der Waals surface area contributed by atoms with Crippen LogP contribution in [0.5, 0.6) is 11.5 Å². The molecule has 1 aliphatic carbocycles. The number of nitrogens with zero attached hydrogens (tertiary/aromatic N) is 1. The van der Waals surface area contributed by atoms with Crippen molar-refractivity contribution in [2.45, 2.75) is 83.6 Å². The molecule has 2 aliphatic rings. The summed E-state index contributed by atoms with van der Waals surface area (Å²) in [7, 11) is 0.225. The van der Waals surface area contributed by atoms with Crippen LogP contribution in [-0.4, -0.2) is 54.7 Å². The van der Waals surface area contributed by atoms with Gasteiger partial charge in [0.05, 0.1) is 9.92 Å². The van der Waals surface area contributed by atoms with Gasteiger partial charge in [-0.3, -0.25) is 14.1 Å². The van der Waals surface area contributed by atoms with Gasteiger partial charge in [0.25, 0.3) is 27.4 Å². The predicted octanol–water partition coefficient (Wildman–Crippen LogP) is 5.73. The lowest BCUT2D eigenvalue weighted by molar-refractivity contribution is -0.123. The zero-order valence-electron chi connectivity index (χ0n) is 26.8. The summed E-state index contributed by atoms with van der Waals surface area (Å²) in [5.74, 6) is 0.137. The Morgan fingerprint density at radius 1 is 1.04 bits per heavy atom. The molecule has 2 heterocycles. The van der Waals surface area contributed by atoms with Gasteiger partial charge in [-0.05, 0) is 97.3 Å². The maximum atomic E-state index is 13.1. The summed E-state index contributed by atoms with van der Waals surface area (Å²) >= 11 is 6.56. The Kier molecular flexibility index (Phi) is 10.4. The highest BCUT2D eigenvalue weighted by molar-refractivity contribution is 7.85. The Labute approximate surface area is 269 Å². The number of aromatic nitrogens is 1. The van der Waals surface area contributed by atoms with Gasteiger partial charge in [-0.2, -0.15) is 8.42 Å². The highest BCUT2D eigenvalue weighted by Crippen LogP contribution is 2.51. The third-order valence-corrected chi connectivity index (χ3v) is 9.85. The Balaban J connectivity index is 0.000000354. The molecule has 5 rings (SSSR count). The molecule has 0 bridgehead atoms. The van der Waals surface area contributed by atoms with Crippen molar-refractivity contribution in [3.05, 3.63) is 85.3 Å². The number of nitrogens with one attached hydrogen (secondary N) is 2. The lowest BCUT2D eigenvalue weighted by atomic mass is 9.81. The molecule has 0 unspecified atom stereocenters. The average molecular weight is 660 g/mol. The number of hydrogen-bond donors (Lipinski definition) is 3. The lowest BCUT2D eigenvalue weighted by Crippen LogP contribution is -2.46. The number of pyridine rings is 1. The van der Waals surface area contributed by atoms with Crippen molar-refractivity contribution in [3.8, 4) is 11.5 Å². The van der Waals surface area contributed by atoms with E-state index < -0.39 is 15.9 Å². The number of aromatic amines is 1. The Hall–Kier alpha value is -3.38. The van der Waals surface area contributed by atoms with Gasteiger partial charge in [-0.1, -0.05) is 29.3 Å². The first-order valence-electron chi connectivity index (χ1n) is 14.9. The number of rotatable bonds is 6. The number of carbonyl (C=O) groups is 1. The van der Waals surface area contributed by atoms with Crippen LogP contribution in [0, 0.1) is 33.6 Å². The summed E-state index contributed by atoms with van der Waals surface area (Å²) in [6.45, 7) is 9.46. The molecule has 0 radical (unpaired) electrons. The first-order valence-corrected chi connectivity index (χ1v) is 16.7. The summed E-state index contributed by atoms with van der Waals surface area (Å²) in [6, 6.07) is 10.1. The van der Waals surface area contributed by atoms with Gasteiger partial charge in [0.2, 0.25) is 0 Å². The van der Waals surface area contributed by atoms with Crippen LogP contribution in [-0.2, 0) is 16.7 Å². The molecule has 3 N–H and O–H groups in total. The number of halogens is 1. The molecular formula is C33H42ClN3O7S. The molecule has 1 aliphatic heterocycles. The van der Waals surface area contributed by atoms with Crippen LogP contribution in [0.4, 0.5) is 0 Å². The topological polar surface area (TPSA) is 138 Å². The second-order valence-corrected chi connectivity index (χ2v) is 14.1. The highest BCUT2D eigenvalue weighted by Gasteiger charge is 2.47.